The van der Waals surface area contributed by atoms with E-state index in [9.17, 15) is 5.11 Å². The number of hydrogen-bond acceptors (Lipinski definition) is 1. The van der Waals surface area contributed by atoms with Crippen LogP contribution in [0.2, 0.25) is 0 Å². The lowest BCUT2D eigenvalue weighted by atomic mass is 9.97. The smallest absolute Gasteiger partial charge is 0.0614 e. The fourth-order valence-electron chi connectivity index (χ4n) is 4.01. The molecule has 3 rings (SSSR count). The monoisotopic (exact) mass is 230 g/mol. The first-order valence-electron chi connectivity index (χ1n) is 6.90. The van der Waals surface area contributed by atoms with Gasteiger partial charge in [-0.1, -0.05) is 35.7 Å². The molecule has 1 nitrogen and oxygen atoms in total. The summed E-state index contributed by atoms with van der Waals surface area (Å²) >= 11 is 0. The van der Waals surface area contributed by atoms with E-state index in [4.69, 9.17) is 0 Å². The van der Waals surface area contributed by atoms with Crippen molar-refractivity contribution in [2.45, 2.75) is 45.6 Å². The molecule has 2 aliphatic rings. The molecule has 0 amide bonds. The molecule has 1 aromatic carbocycles. The largest absolute Gasteiger partial charge is 0.392 e. The predicted molar refractivity (Wildman–Crippen MR) is 69.9 cm³/mol. The molecule has 0 aliphatic heterocycles. The number of benzene rings is 1. The zero-order chi connectivity index (χ0) is 12.0. The van der Waals surface area contributed by atoms with Crippen molar-refractivity contribution in [2.24, 2.45) is 17.8 Å². The third kappa shape index (κ3) is 2.13. The molecule has 3 atom stereocenters. The highest BCUT2D eigenvalue weighted by atomic mass is 16.3. The molecule has 0 bridgehead atoms. The third-order valence-electron chi connectivity index (χ3n) is 4.64. The van der Waals surface area contributed by atoms with Crippen LogP contribution in [0.15, 0.2) is 18.2 Å². The van der Waals surface area contributed by atoms with Crippen LogP contribution in [0, 0.1) is 31.6 Å². The molecule has 92 valence electrons. The summed E-state index contributed by atoms with van der Waals surface area (Å²) in [5.74, 6) is 2.33. The Kier molecular flexibility index (Phi) is 2.74. The van der Waals surface area contributed by atoms with Crippen molar-refractivity contribution in [3.63, 3.8) is 0 Å². The maximum atomic E-state index is 10.3. The first-order chi connectivity index (χ1) is 8.15. The van der Waals surface area contributed by atoms with Gasteiger partial charge in [0, 0.05) is 0 Å². The second-order valence-electron chi connectivity index (χ2n) is 6.10. The molecular weight excluding hydrogens is 208 g/mol. The Hall–Kier alpha value is -0.820. The minimum Gasteiger partial charge on any atom is -0.392 e. The van der Waals surface area contributed by atoms with Crippen LogP contribution < -0.4 is 0 Å². The van der Waals surface area contributed by atoms with Gasteiger partial charge in [0.25, 0.3) is 0 Å². The fourth-order valence-corrected chi connectivity index (χ4v) is 4.01. The molecule has 0 radical (unpaired) electrons. The maximum absolute atomic E-state index is 10.3. The van der Waals surface area contributed by atoms with E-state index in [1.54, 1.807) is 0 Å². The van der Waals surface area contributed by atoms with Gasteiger partial charge in [0.1, 0.15) is 0 Å². The highest BCUT2D eigenvalue weighted by Gasteiger charge is 2.55. The zero-order valence-electron chi connectivity index (χ0n) is 10.8. The van der Waals surface area contributed by atoms with Crippen molar-refractivity contribution < 1.29 is 5.11 Å². The second-order valence-corrected chi connectivity index (χ2v) is 6.10. The average molecular weight is 230 g/mol. The molecule has 1 heteroatoms. The minimum absolute atomic E-state index is 0.105. The van der Waals surface area contributed by atoms with Gasteiger partial charge in [-0.25, -0.2) is 0 Å². The van der Waals surface area contributed by atoms with Gasteiger partial charge in [-0.15, -0.1) is 0 Å². The van der Waals surface area contributed by atoms with E-state index in [2.05, 4.69) is 32.0 Å². The van der Waals surface area contributed by atoms with Crippen LogP contribution in [0.1, 0.15) is 36.0 Å². The Bertz CT molecular complexity index is 393. The topological polar surface area (TPSA) is 20.2 Å². The van der Waals surface area contributed by atoms with E-state index in [0.717, 1.165) is 18.3 Å². The van der Waals surface area contributed by atoms with Crippen LogP contribution >= 0.6 is 0 Å². The van der Waals surface area contributed by atoms with Crippen molar-refractivity contribution in [2.75, 3.05) is 0 Å². The van der Waals surface area contributed by atoms with Crippen LogP contribution in [-0.4, -0.2) is 11.2 Å². The van der Waals surface area contributed by atoms with E-state index in [1.807, 2.05) is 0 Å². The summed E-state index contributed by atoms with van der Waals surface area (Å²) in [6.07, 6.45) is 4.85. The lowest BCUT2D eigenvalue weighted by Crippen LogP contribution is -2.16. The van der Waals surface area contributed by atoms with Gasteiger partial charge < -0.3 is 5.11 Å². The number of aliphatic hydroxyl groups excluding tert-OH is 1. The molecule has 1 aromatic rings. The van der Waals surface area contributed by atoms with Crippen LogP contribution in [-0.2, 0) is 6.42 Å². The van der Waals surface area contributed by atoms with Crippen molar-refractivity contribution in [3.8, 4) is 0 Å². The second kappa shape index (κ2) is 4.13. The molecule has 2 aliphatic carbocycles. The Morgan fingerprint density at radius 2 is 1.71 bits per heavy atom. The first kappa shape index (κ1) is 11.3. The van der Waals surface area contributed by atoms with E-state index < -0.39 is 0 Å². The maximum Gasteiger partial charge on any atom is 0.0614 e. The highest BCUT2D eigenvalue weighted by molar-refractivity contribution is 5.29. The van der Waals surface area contributed by atoms with Gasteiger partial charge in [0.05, 0.1) is 6.10 Å². The van der Waals surface area contributed by atoms with Gasteiger partial charge in [-0.2, -0.15) is 0 Å². The summed E-state index contributed by atoms with van der Waals surface area (Å²) in [5, 5.41) is 10.3. The zero-order valence-corrected chi connectivity index (χ0v) is 10.8. The predicted octanol–water partition coefficient (Wildman–Crippen LogP) is 3.25. The van der Waals surface area contributed by atoms with Gasteiger partial charge in [-0.3, -0.25) is 0 Å². The van der Waals surface area contributed by atoms with Crippen LogP contribution in [0.5, 0.6) is 0 Å². The number of rotatable bonds is 3. The lowest BCUT2D eigenvalue weighted by Gasteiger charge is -2.13. The SMILES string of the molecule is Cc1cc(C)cc(CC(O)C2C3CCCC32)c1. The van der Waals surface area contributed by atoms with E-state index in [1.165, 1.54) is 36.0 Å². The highest BCUT2D eigenvalue weighted by Crippen LogP contribution is 2.59. The summed E-state index contributed by atoms with van der Waals surface area (Å²) in [7, 11) is 0. The van der Waals surface area contributed by atoms with Gasteiger partial charge >= 0.3 is 0 Å². The number of aliphatic hydroxyl groups is 1. The quantitative estimate of drug-likeness (QED) is 0.845. The number of fused-ring (bicyclic) bond motifs is 1. The normalized spacial score (nSPS) is 32.3. The number of aryl methyl sites for hydroxylation is 2. The average Bonchev–Trinajstić information content (AvgIpc) is 2.72. The summed E-state index contributed by atoms with van der Waals surface area (Å²) in [4.78, 5) is 0. The van der Waals surface area contributed by atoms with E-state index >= 15 is 0 Å². The summed E-state index contributed by atoms with van der Waals surface area (Å²) < 4.78 is 0. The van der Waals surface area contributed by atoms with Gasteiger partial charge in [0.2, 0.25) is 0 Å². The van der Waals surface area contributed by atoms with Gasteiger partial charge in [-0.05, 0) is 56.4 Å². The van der Waals surface area contributed by atoms with E-state index in [0.29, 0.717) is 5.92 Å². The molecule has 1 N–H and O–H groups in total. The summed E-state index contributed by atoms with van der Waals surface area (Å²) in [6.45, 7) is 4.27. The summed E-state index contributed by atoms with van der Waals surface area (Å²) in [5.41, 5.74) is 3.92. The van der Waals surface area contributed by atoms with Crippen molar-refractivity contribution in [1.82, 2.24) is 0 Å². The van der Waals surface area contributed by atoms with Gasteiger partial charge in [0.15, 0.2) is 0 Å². The van der Waals surface area contributed by atoms with Crippen LogP contribution in [0.4, 0.5) is 0 Å². The molecule has 0 heterocycles. The van der Waals surface area contributed by atoms with E-state index in [-0.39, 0.29) is 6.10 Å². The number of hydrogen-bond donors (Lipinski definition) is 1. The Labute approximate surface area is 104 Å². The minimum atomic E-state index is -0.105. The molecule has 2 saturated carbocycles. The third-order valence-corrected chi connectivity index (χ3v) is 4.64. The molecule has 0 aromatic heterocycles. The molecule has 0 saturated heterocycles. The van der Waals surface area contributed by atoms with Crippen LogP contribution in [0.3, 0.4) is 0 Å². The molecule has 3 unspecified atom stereocenters. The van der Waals surface area contributed by atoms with Crippen molar-refractivity contribution in [3.05, 3.63) is 34.9 Å². The summed E-state index contributed by atoms with van der Waals surface area (Å²) in [6, 6.07) is 6.63. The molecule has 2 fully saturated rings. The van der Waals surface area contributed by atoms with Crippen molar-refractivity contribution in [1.29, 1.82) is 0 Å². The van der Waals surface area contributed by atoms with Crippen molar-refractivity contribution >= 4 is 0 Å². The fraction of sp³-hybridized carbons (Fsp3) is 0.625. The molecule has 17 heavy (non-hydrogen) atoms. The first-order valence-corrected chi connectivity index (χ1v) is 6.90. The molecule has 0 spiro atoms. The van der Waals surface area contributed by atoms with Crippen LogP contribution in [0.25, 0.3) is 0 Å². The Morgan fingerprint density at radius 3 is 2.29 bits per heavy atom. The lowest BCUT2D eigenvalue weighted by molar-refractivity contribution is 0.135. The standard InChI is InChI=1S/C16H22O/c1-10-6-11(2)8-12(7-10)9-15(17)16-13-4-3-5-14(13)16/h6-8,13-17H,3-5,9H2,1-2H3. The Balaban J connectivity index is 1.66. The Morgan fingerprint density at radius 1 is 1.12 bits per heavy atom. The molecular formula is C16H22O.